The van der Waals surface area contributed by atoms with E-state index in [1.807, 2.05) is 11.0 Å². The van der Waals surface area contributed by atoms with Gasteiger partial charge in [-0.1, -0.05) is 19.0 Å². The van der Waals surface area contributed by atoms with E-state index >= 15 is 0 Å². The number of nitrogens with zero attached hydrogens (tertiary/aromatic N) is 4. The molecular weight excluding hydrogens is 509 g/mol. The fourth-order valence-electron chi connectivity index (χ4n) is 4.26. The number of hydrogen-bond donors (Lipinski definition) is 1. The van der Waals surface area contributed by atoms with Crippen molar-refractivity contribution in [3.8, 4) is 0 Å². The summed E-state index contributed by atoms with van der Waals surface area (Å²) >= 11 is 0. The lowest BCUT2D eigenvalue weighted by Gasteiger charge is -2.36. The topological polar surface area (TPSA) is 83.2 Å². The van der Waals surface area contributed by atoms with Crippen molar-refractivity contribution in [2.24, 2.45) is 10.9 Å². The Morgan fingerprint density at radius 2 is 1.84 bits per heavy atom. The highest BCUT2D eigenvalue weighted by Gasteiger charge is 2.30. The molecule has 0 aliphatic carbocycles. The summed E-state index contributed by atoms with van der Waals surface area (Å²) in [6.07, 6.45) is 3.85. The summed E-state index contributed by atoms with van der Waals surface area (Å²) in [7, 11) is 0. The van der Waals surface area contributed by atoms with Crippen molar-refractivity contribution in [3.63, 3.8) is 0 Å². The molecule has 3 heterocycles. The number of piperidine rings is 1. The van der Waals surface area contributed by atoms with Gasteiger partial charge in [0, 0.05) is 50.6 Å². The van der Waals surface area contributed by atoms with Crippen molar-refractivity contribution in [2.45, 2.75) is 58.9 Å². The van der Waals surface area contributed by atoms with Gasteiger partial charge in [0.2, 0.25) is 5.91 Å². The van der Waals surface area contributed by atoms with Gasteiger partial charge in [0.15, 0.2) is 11.7 Å². The normalized spacial score (nSPS) is 18.3. The van der Waals surface area contributed by atoms with E-state index in [1.54, 1.807) is 0 Å². The molecule has 31 heavy (non-hydrogen) atoms. The third-order valence-corrected chi connectivity index (χ3v) is 6.17. The van der Waals surface area contributed by atoms with Crippen LogP contribution in [0.25, 0.3) is 0 Å². The molecule has 8 nitrogen and oxygen atoms in total. The van der Waals surface area contributed by atoms with E-state index < -0.39 is 0 Å². The van der Waals surface area contributed by atoms with Crippen molar-refractivity contribution in [1.82, 2.24) is 20.3 Å². The molecule has 2 aliphatic heterocycles. The second-order valence-corrected chi connectivity index (χ2v) is 8.10. The second kappa shape index (κ2) is 13.2. The lowest BCUT2D eigenvalue weighted by molar-refractivity contribution is -0.140. The summed E-state index contributed by atoms with van der Waals surface area (Å²) in [4.78, 5) is 21.8. The summed E-state index contributed by atoms with van der Waals surface area (Å²) in [5.74, 6) is 2.53. The van der Waals surface area contributed by atoms with E-state index in [-0.39, 0.29) is 35.8 Å². The number of aromatic nitrogens is 1. The van der Waals surface area contributed by atoms with Gasteiger partial charge in [0.05, 0.1) is 18.9 Å². The Morgan fingerprint density at radius 3 is 2.45 bits per heavy atom. The number of amides is 1. The van der Waals surface area contributed by atoms with Crippen LogP contribution in [0.5, 0.6) is 0 Å². The van der Waals surface area contributed by atoms with Crippen LogP contribution in [-0.4, -0.2) is 72.8 Å². The average molecular weight is 547 g/mol. The Morgan fingerprint density at radius 1 is 1.16 bits per heavy atom. The number of hydrogen-bond acceptors (Lipinski definition) is 5. The first-order chi connectivity index (χ1) is 14.7. The van der Waals surface area contributed by atoms with Crippen LogP contribution in [0.1, 0.15) is 63.8 Å². The van der Waals surface area contributed by atoms with Crippen LogP contribution in [0.4, 0.5) is 0 Å². The SMILES string of the molecule is CCNC(=NCc1cc(C(CC)CC)no1)N1CCC(C(=O)N2CCOCC2)CC1.I. The van der Waals surface area contributed by atoms with Gasteiger partial charge in [-0.3, -0.25) is 4.79 Å². The van der Waals surface area contributed by atoms with Crippen LogP contribution in [0.3, 0.4) is 0 Å². The van der Waals surface area contributed by atoms with Crippen molar-refractivity contribution in [3.05, 3.63) is 17.5 Å². The van der Waals surface area contributed by atoms with Gasteiger partial charge in [-0.2, -0.15) is 0 Å². The minimum Gasteiger partial charge on any atom is -0.378 e. The lowest BCUT2D eigenvalue weighted by atomic mass is 9.95. The summed E-state index contributed by atoms with van der Waals surface area (Å²) in [6, 6.07) is 2.04. The predicted octanol–water partition coefficient (Wildman–Crippen LogP) is 3.23. The molecule has 0 bridgehead atoms. The largest absolute Gasteiger partial charge is 0.378 e. The molecule has 0 spiro atoms. The van der Waals surface area contributed by atoms with Crippen LogP contribution in [0.15, 0.2) is 15.6 Å². The predicted molar refractivity (Wildman–Crippen MR) is 132 cm³/mol. The van der Waals surface area contributed by atoms with Crippen LogP contribution in [-0.2, 0) is 16.1 Å². The lowest BCUT2D eigenvalue weighted by Crippen LogP contribution is -2.50. The van der Waals surface area contributed by atoms with Crippen molar-refractivity contribution < 1.29 is 14.1 Å². The Balaban J connectivity index is 0.00000341. The maximum atomic E-state index is 12.8. The highest BCUT2D eigenvalue weighted by Crippen LogP contribution is 2.23. The molecule has 1 aromatic heterocycles. The first-order valence-corrected chi connectivity index (χ1v) is 11.5. The molecule has 2 aliphatic rings. The summed E-state index contributed by atoms with van der Waals surface area (Å²) in [6.45, 7) is 12.1. The Hall–Kier alpha value is -1.36. The molecule has 1 N–H and O–H groups in total. The smallest absolute Gasteiger partial charge is 0.225 e. The fourth-order valence-corrected chi connectivity index (χ4v) is 4.26. The van der Waals surface area contributed by atoms with Gasteiger partial charge in [0.25, 0.3) is 0 Å². The van der Waals surface area contributed by atoms with Crippen LogP contribution >= 0.6 is 24.0 Å². The fraction of sp³-hybridized carbons (Fsp3) is 0.773. The molecule has 0 saturated carbocycles. The monoisotopic (exact) mass is 547 g/mol. The molecule has 1 aromatic rings. The zero-order valence-corrected chi connectivity index (χ0v) is 21.5. The number of morpholine rings is 1. The number of carbonyl (C=O) groups is 1. The van der Waals surface area contributed by atoms with Crippen LogP contribution in [0, 0.1) is 5.92 Å². The Bertz CT molecular complexity index is 693. The highest BCUT2D eigenvalue weighted by atomic mass is 127. The summed E-state index contributed by atoms with van der Waals surface area (Å²) in [5.41, 5.74) is 1.03. The number of ether oxygens (including phenoxy) is 1. The van der Waals surface area contributed by atoms with Gasteiger partial charge in [-0.05, 0) is 32.6 Å². The number of carbonyl (C=O) groups excluding carboxylic acids is 1. The first-order valence-electron chi connectivity index (χ1n) is 11.5. The molecule has 3 rings (SSSR count). The van der Waals surface area contributed by atoms with E-state index in [1.165, 1.54) is 0 Å². The number of aliphatic imine (C=N–C) groups is 1. The Labute approximate surface area is 203 Å². The van der Waals surface area contributed by atoms with E-state index in [2.05, 4.69) is 36.1 Å². The number of rotatable bonds is 7. The molecular formula is C22H38IN5O3. The van der Waals surface area contributed by atoms with Gasteiger partial charge < -0.3 is 24.4 Å². The number of nitrogens with one attached hydrogen (secondary N) is 1. The van der Waals surface area contributed by atoms with E-state index in [0.29, 0.717) is 25.7 Å². The summed E-state index contributed by atoms with van der Waals surface area (Å²) < 4.78 is 10.9. The van der Waals surface area contributed by atoms with Crippen molar-refractivity contribution >= 4 is 35.8 Å². The van der Waals surface area contributed by atoms with Gasteiger partial charge in [-0.15, -0.1) is 24.0 Å². The van der Waals surface area contributed by atoms with E-state index in [9.17, 15) is 4.79 Å². The molecule has 9 heteroatoms. The maximum absolute atomic E-state index is 12.8. The molecule has 0 aromatic carbocycles. The standard InChI is InChI=1S/C22H37N5O3.HI/c1-4-17(5-2)20-15-19(30-25-20)16-24-22(23-6-3)27-9-7-18(8-10-27)21(28)26-11-13-29-14-12-26;/h15,17-18H,4-14,16H2,1-3H3,(H,23,24);1H. The quantitative estimate of drug-likeness (QED) is 0.321. The second-order valence-electron chi connectivity index (χ2n) is 8.10. The number of halogens is 1. The molecule has 0 unspecified atom stereocenters. The Kier molecular flexibility index (Phi) is 11.1. The zero-order chi connectivity index (χ0) is 21.3. The number of guanidine groups is 1. The van der Waals surface area contributed by atoms with E-state index in [0.717, 1.165) is 75.8 Å². The van der Waals surface area contributed by atoms with Crippen LogP contribution < -0.4 is 5.32 Å². The molecule has 1 amide bonds. The minimum absolute atomic E-state index is 0. The number of likely N-dealkylation sites (tertiary alicyclic amines) is 1. The molecule has 2 fully saturated rings. The zero-order valence-electron chi connectivity index (χ0n) is 19.1. The summed E-state index contributed by atoms with van der Waals surface area (Å²) in [5, 5.41) is 7.62. The molecule has 2 saturated heterocycles. The van der Waals surface area contributed by atoms with Gasteiger partial charge in [-0.25, -0.2) is 4.99 Å². The van der Waals surface area contributed by atoms with Crippen molar-refractivity contribution in [2.75, 3.05) is 45.9 Å². The maximum Gasteiger partial charge on any atom is 0.225 e. The molecule has 0 radical (unpaired) electrons. The average Bonchev–Trinajstić information content (AvgIpc) is 3.26. The van der Waals surface area contributed by atoms with Crippen molar-refractivity contribution in [1.29, 1.82) is 0 Å². The third kappa shape index (κ3) is 7.06. The van der Waals surface area contributed by atoms with Crippen LogP contribution in [0.2, 0.25) is 0 Å². The van der Waals surface area contributed by atoms with E-state index in [4.69, 9.17) is 14.3 Å². The molecule has 176 valence electrons. The molecule has 0 atom stereocenters. The first kappa shape index (κ1) is 25.9. The highest BCUT2D eigenvalue weighted by molar-refractivity contribution is 14.0. The minimum atomic E-state index is 0. The van der Waals surface area contributed by atoms with Gasteiger partial charge >= 0.3 is 0 Å². The third-order valence-electron chi connectivity index (χ3n) is 6.17. The van der Waals surface area contributed by atoms with Gasteiger partial charge in [0.1, 0.15) is 6.54 Å².